The molecule has 1 aromatic carbocycles. The van der Waals surface area contributed by atoms with Gasteiger partial charge in [0, 0.05) is 12.6 Å². The molecule has 3 rings (SSSR count). The second-order valence-electron chi connectivity index (χ2n) is 5.59. The lowest BCUT2D eigenvalue weighted by molar-refractivity contribution is -0.144. The minimum atomic E-state index is -0.618. The fraction of sp³-hybridized carbons (Fsp3) is 0.533. The molecule has 1 aromatic rings. The van der Waals surface area contributed by atoms with Crippen molar-refractivity contribution < 1.29 is 9.90 Å². The van der Waals surface area contributed by atoms with E-state index in [4.69, 9.17) is 0 Å². The van der Waals surface area contributed by atoms with E-state index in [-0.39, 0.29) is 12.0 Å². The van der Waals surface area contributed by atoms with E-state index >= 15 is 0 Å². The molecule has 2 N–H and O–H groups in total. The molecule has 3 nitrogen and oxygen atoms in total. The van der Waals surface area contributed by atoms with Crippen LogP contribution < -0.4 is 5.32 Å². The summed E-state index contributed by atoms with van der Waals surface area (Å²) in [5, 5.41) is 12.8. The van der Waals surface area contributed by atoms with E-state index in [0.29, 0.717) is 11.8 Å². The van der Waals surface area contributed by atoms with Crippen molar-refractivity contribution in [3.63, 3.8) is 0 Å². The number of fused-ring (bicyclic) bond motifs is 2. The van der Waals surface area contributed by atoms with Gasteiger partial charge in [-0.2, -0.15) is 0 Å². The zero-order valence-electron chi connectivity index (χ0n) is 10.4. The van der Waals surface area contributed by atoms with Gasteiger partial charge < -0.3 is 10.4 Å². The Balaban J connectivity index is 1.66. The maximum Gasteiger partial charge on any atom is 0.308 e. The van der Waals surface area contributed by atoms with Crippen LogP contribution in [0.1, 0.15) is 24.8 Å². The molecule has 0 aliphatic heterocycles. The number of hydrogen-bond donors (Lipinski definition) is 2. The summed E-state index contributed by atoms with van der Waals surface area (Å²) in [7, 11) is 0. The quantitative estimate of drug-likeness (QED) is 0.855. The molecule has 0 radical (unpaired) electrons. The first-order valence-corrected chi connectivity index (χ1v) is 6.76. The van der Waals surface area contributed by atoms with Crippen LogP contribution in [-0.4, -0.2) is 17.1 Å². The van der Waals surface area contributed by atoms with E-state index in [9.17, 15) is 9.90 Å². The molecule has 2 saturated carbocycles. The Morgan fingerprint density at radius 2 is 1.94 bits per heavy atom. The number of rotatable bonds is 4. The SMILES string of the molecule is O=C(O)C1C2CCC(C2)C1NCc1ccccc1. The van der Waals surface area contributed by atoms with E-state index in [1.165, 1.54) is 12.0 Å². The van der Waals surface area contributed by atoms with Crippen molar-refractivity contribution in [3.8, 4) is 0 Å². The normalized spacial score (nSPS) is 33.8. The molecule has 4 unspecified atom stereocenters. The summed E-state index contributed by atoms with van der Waals surface area (Å²) in [6, 6.07) is 10.4. The summed E-state index contributed by atoms with van der Waals surface area (Å²) in [6.45, 7) is 0.776. The first-order chi connectivity index (χ1) is 8.75. The molecule has 4 atom stereocenters. The third kappa shape index (κ3) is 2.03. The highest BCUT2D eigenvalue weighted by atomic mass is 16.4. The van der Waals surface area contributed by atoms with Gasteiger partial charge in [-0.1, -0.05) is 30.3 Å². The van der Waals surface area contributed by atoms with Crippen LogP contribution in [0.25, 0.3) is 0 Å². The Bertz CT molecular complexity index is 431. The fourth-order valence-corrected chi connectivity index (χ4v) is 3.77. The predicted octanol–water partition coefficient (Wildman–Crippen LogP) is 2.28. The standard InChI is InChI=1S/C15H19NO2/c17-15(18)13-11-6-7-12(8-11)14(13)16-9-10-4-2-1-3-5-10/h1-5,11-14,16H,6-9H2,(H,17,18). The monoisotopic (exact) mass is 245 g/mol. The van der Waals surface area contributed by atoms with Gasteiger partial charge >= 0.3 is 5.97 Å². The summed E-state index contributed by atoms with van der Waals surface area (Å²) >= 11 is 0. The van der Waals surface area contributed by atoms with Crippen LogP contribution in [0.3, 0.4) is 0 Å². The van der Waals surface area contributed by atoms with Crippen LogP contribution in [0, 0.1) is 17.8 Å². The van der Waals surface area contributed by atoms with Crippen molar-refractivity contribution >= 4 is 5.97 Å². The second kappa shape index (κ2) is 4.73. The van der Waals surface area contributed by atoms with Gasteiger partial charge in [-0.25, -0.2) is 0 Å². The average molecular weight is 245 g/mol. The van der Waals surface area contributed by atoms with E-state index < -0.39 is 5.97 Å². The van der Waals surface area contributed by atoms with Gasteiger partial charge in [0.15, 0.2) is 0 Å². The minimum absolute atomic E-state index is 0.168. The highest BCUT2D eigenvalue weighted by molar-refractivity contribution is 5.72. The number of hydrogen-bond acceptors (Lipinski definition) is 2. The summed E-state index contributed by atoms with van der Waals surface area (Å²) < 4.78 is 0. The summed E-state index contributed by atoms with van der Waals surface area (Å²) in [5.41, 5.74) is 1.23. The lowest BCUT2D eigenvalue weighted by Gasteiger charge is -2.29. The summed E-state index contributed by atoms with van der Waals surface area (Å²) in [4.78, 5) is 11.4. The van der Waals surface area contributed by atoms with Crippen LogP contribution in [0.2, 0.25) is 0 Å². The molecule has 0 aromatic heterocycles. The maximum absolute atomic E-state index is 11.4. The van der Waals surface area contributed by atoms with Crippen molar-refractivity contribution in [3.05, 3.63) is 35.9 Å². The first-order valence-electron chi connectivity index (χ1n) is 6.76. The zero-order chi connectivity index (χ0) is 12.5. The Morgan fingerprint density at radius 3 is 2.67 bits per heavy atom. The third-order valence-electron chi connectivity index (χ3n) is 4.59. The summed E-state index contributed by atoms with van der Waals surface area (Å²) in [6.07, 6.45) is 3.40. The van der Waals surface area contributed by atoms with Crippen molar-refractivity contribution in [2.24, 2.45) is 17.8 Å². The predicted molar refractivity (Wildman–Crippen MR) is 69.0 cm³/mol. The van der Waals surface area contributed by atoms with Crippen LogP contribution in [0.5, 0.6) is 0 Å². The lowest BCUT2D eigenvalue weighted by atomic mass is 9.84. The molecule has 0 heterocycles. The van der Waals surface area contributed by atoms with Gasteiger partial charge in [-0.15, -0.1) is 0 Å². The van der Waals surface area contributed by atoms with E-state index in [1.807, 2.05) is 18.2 Å². The lowest BCUT2D eigenvalue weighted by Crippen LogP contribution is -2.43. The van der Waals surface area contributed by atoms with Crippen molar-refractivity contribution in [2.45, 2.75) is 31.8 Å². The second-order valence-corrected chi connectivity index (χ2v) is 5.59. The van der Waals surface area contributed by atoms with Crippen LogP contribution >= 0.6 is 0 Å². The molecule has 3 heteroatoms. The number of carboxylic acid groups (broad SMARTS) is 1. The number of benzene rings is 1. The fourth-order valence-electron chi connectivity index (χ4n) is 3.77. The Hall–Kier alpha value is -1.35. The molecule has 0 amide bonds. The Kier molecular flexibility index (Phi) is 3.08. The number of carbonyl (C=O) groups is 1. The molecule has 2 fully saturated rings. The Labute approximate surface area is 107 Å². The van der Waals surface area contributed by atoms with Gasteiger partial charge in [-0.05, 0) is 36.7 Å². The molecule has 96 valence electrons. The van der Waals surface area contributed by atoms with Crippen molar-refractivity contribution in [1.82, 2.24) is 5.32 Å². The average Bonchev–Trinajstić information content (AvgIpc) is 2.97. The maximum atomic E-state index is 11.4. The number of carboxylic acids is 1. The molecule has 2 bridgehead atoms. The first kappa shape index (κ1) is 11.7. The van der Waals surface area contributed by atoms with Crippen molar-refractivity contribution in [2.75, 3.05) is 0 Å². The highest BCUT2D eigenvalue weighted by Crippen LogP contribution is 2.48. The smallest absolute Gasteiger partial charge is 0.308 e. The zero-order valence-corrected chi connectivity index (χ0v) is 10.4. The van der Waals surface area contributed by atoms with Gasteiger partial charge in [0.2, 0.25) is 0 Å². The topological polar surface area (TPSA) is 49.3 Å². The van der Waals surface area contributed by atoms with Gasteiger partial charge in [-0.3, -0.25) is 4.79 Å². The molecular weight excluding hydrogens is 226 g/mol. The highest BCUT2D eigenvalue weighted by Gasteiger charge is 2.50. The minimum Gasteiger partial charge on any atom is -0.481 e. The number of aliphatic carboxylic acids is 1. The van der Waals surface area contributed by atoms with E-state index in [2.05, 4.69) is 17.4 Å². The van der Waals surface area contributed by atoms with Gasteiger partial charge in [0.05, 0.1) is 5.92 Å². The molecule has 18 heavy (non-hydrogen) atoms. The molecule has 0 saturated heterocycles. The molecular formula is C15H19NO2. The van der Waals surface area contributed by atoms with Crippen LogP contribution in [0.4, 0.5) is 0 Å². The third-order valence-corrected chi connectivity index (χ3v) is 4.59. The van der Waals surface area contributed by atoms with E-state index in [1.54, 1.807) is 0 Å². The molecule has 2 aliphatic rings. The molecule has 2 aliphatic carbocycles. The molecule has 0 spiro atoms. The van der Waals surface area contributed by atoms with E-state index in [0.717, 1.165) is 19.4 Å². The largest absolute Gasteiger partial charge is 0.481 e. The number of nitrogens with one attached hydrogen (secondary N) is 1. The van der Waals surface area contributed by atoms with Gasteiger partial charge in [0.1, 0.15) is 0 Å². The van der Waals surface area contributed by atoms with Gasteiger partial charge in [0.25, 0.3) is 0 Å². The summed E-state index contributed by atoms with van der Waals surface area (Å²) in [5.74, 6) is 0.181. The van der Waals surface area contributed by atoms with Crippen molar-refractivity contribution in [1.29, 1.82) is 0 Å². The van der Waals surface area contributed by atoms with Crippen LogP contribution in [0.15, 0.2) is 30.3 Å². The Morgan fingerprint density at radius 1 is 1.22 bits per heavy atom. The van der Waals surface area contributed by atoms with Crippen LogP contribution in [-0.2, 0) is 11.3 Å².